The summed E-state index contributed by atoms with van der Waals surface area (Å²) in [5, 5.41) is 6.92. The van der Waals surface area contributed by atoms with Gasteiger partial charge in [-0.2, -0.15) is 5.10 Å². The van der Waals surface area contributed by atoms with Crippen LogP contribution in [0.15, 0.2) is 42.7 Å². The molecule has 0 aliphatic carbocycles. The van der Waals surface area contributed by atoms with Crippen molar-refractivity contribution in [1.29, 1.82) is 0 Å². The molecular weight excluding hydrogens is 361 g/mol. The van der Waals surface area contributed by atoms with E-state index >= 15 is 0 Å². The fourth-order valence-electron chi connectivity index (χ4n) is 3.73. The molecule has 0 radical (unpaired) electrons. The van der Waals surface area contributed by atoms with Crippen LogP contribution < -0.4 is 5.32 Å². The highest BCUT2D eigenvalue weighted by molar-refractivity contribution is 5.99. The number of amides is 2. The number of carbonyl (C=O) groups excluding carboxylic acids is 2. The predicted octanol–water partition coefficient (Wildman–Crippen LogP) is 2.60. The van der Waals surface area contributed by atoms with Crippen LogP contribution in [0.3, 0.4) is 0 Å². The Balaban J connectivity index is 1.75. The summed E-state index contributed by atoms with van der Waals surface area (Å²) in [5.74, 6) is -0.920. The topological polar surface area (TPSA) is 79.6 Å². The summed E-state index contributed by atoms with van der Waals surface area (Å²) in [5.41, 5.74) is 1.93. The Morgan fingerprint density at radius 1 is 1.25 bits per heavy atom. The quantitative estimate of drug-likeness (QED) is 0.756. The van der Waals surface area contributed by atoms with Gasteiger partial charge < -0.3 is 10.2 Å². The third-order valence-corrected chi connectivity index (χ3v) is 5.08. The summed E-state index contributed by atoms with van der Waals surface area (Å²) in [6.45, 7) is 0.577. The average Bonchev–Trinajstić information content (AvgIpc) is 3.17. The molecule has 7 nitrogen and oxygen atoms in total. The Bertz CT molecular complexity index is 1050. The summed E-state index contributed by atoms with van der Waals surface area (Å²) in [6.07, 6.45) is 5.71. The van der Waals surface area contributed by atoms with Crippen LogP contribution in [0.1, 0.15) is 51.7 Å². The molecule has 1 aliphatic rings. The molecule has 1 aromatic carbocycles. The zero-order valence-corrected chi connectivity index (χ0v) is 15.4. The largest absolute Gasteiger partial charge is 0.355 e. The molecule has 8 heteroatoms. The van der Waals surface area contributed by atoms with Crippen molar-refractivity contribution in [3.05, 3.63) is 65.4 Å². The van der Waals surface area contributed by atoms with E-state index < -0.39 is 5.82 Å². The lowest BCUT2D eigenvalue weighted by molar-refractivity contribution is 0.0602. The smallest absolute Gasteiger partial charge is 0.256 e. The van der Waals surface area contributed by atoms with Crippen LogP contribution in [0.25, 0.3) is 5.65 Å². The maximum absolute atomic E-state index is 13.6. The third-order valence-electron chi connectivity index (χ3n) is 5.08. The summed E-state index contributed by atoms with van der Waals surface area (Å²) < 4.78 is 15.2. The van der Waals surface area contributed by atoms with Crippen molar-refractivity contribution in [3.63, 3.8) is 0 Å². The van der Waals surface area contributed by atoms with E-state index in [1.54, 1.807) is 28.7 Å². The van der Waals surface area contributed by atoms with E-state index in [4.69, 9.17) is 0 Å². The molecule has 1 N–H and O–H groups in total. The number of carbonyl (C=O) groups is 2. The lowest BCUT2D eigenvalue weighted by Gasteiger charge is -2.36. The Kier molecular flexibility index (Phi) is 4.77. The van der Waals surface area contributed by atoms with E-state index in [9.17, 15) is 14.0 Å². The number of halogens is 1. The van der Waals surface area contributed by atoms with Gasteiger partial charge in [0.1, 0.15) is 11.4 Å². The zero-order valence-electron chi connectivity index (χ0n) is 15.4. The minimum atomic E-state index is -0.437. The van der Waals surface area contributed by atoms with Gasteiger partial charge in [-0.15, -0.1) is 0 Å². The molecule has 1 aliphatic heterocycles. The maximum Gasteiger partial charge on any atom is 0.256 e. The molecule has 3 aromatic rings. The number of aromatic nitrogens is 3. The first kappa shape index (κ1) is 18.1. The first-order chi connectivity index (χ1) is 13.6. The molecule has 2 aromatic heterocycles. The van der Waals surface area contributed by atoms with Gasteiger partial charge in [0.15, 0.2) is 5.65 Å². The number of hydrogen-bond donors (Lipinski definition) is 1. The summed E-state index contributed by atoms with van der Waals surface area (Å²) in [6, 6.07) is 7.32. The van der Waals surface area contributed by atoms with Crippen LogP contribution in [0.4, 0.5) is 4.39 Å². The van der Waals surface area contributed by atoms with Crippen LogP contribution in [0, 0.1) is 5.82 Å². The fraction of sp³-hybridized carbons (Fsp3) is 0.300. The van der Waals surface area contributed by atoms with Crippen molar-refractivity contribution >= 4 is 17.5 Å². The van der Waals surface area contributed by atoms with Crippen molar-refractivity contribution < 1.29 is 14.0 Å². The molecule has 144 valence electrons. The minimum absolute atomic E-state index is 0.215. The number of nitrogens with zero attached hydrogens (tertiary/aromatic N) is 4. The van der Waals surface area contributed by atoms with Gasteiger partial charge >= 0.3 is 0 Å². The van der Waals surface area contributed by atoms with E-state index in [1.807, 2.05) is 6.07 Å². The Labute approximate surface area is 161 Å². The number of fused-ring (bicyclic) bond motifs is 1. The maximum atomic E-state index is 13.6. The van der Waals surface area contributed by atoms with Crippen LogP contribution in [0.5, 0.6) is 0 Å². The molecular formula is C20H20FN5O2. The molecule has 0 unspecified atom stereocenters. The molecule has 0 bridgehead atoms. The molecule has 1 fully saturated rings. The van der Waals surface area contributed by atoms with Crippen molar-refractivity contribution in [2.75, 3.05) is 13.6 Å². The number of nitrogens with one attached hydrogen (secondary N) is 1. The van der Waals surface area contributed by atoms with Crippen LogP contribution in [-0.4, -0.2) is 44.9 Å². The molecule has 0 spiro atoms. The molecule has 4 rings (SSSR count). The van der Waals surface area contributed by atoms with E-state index in [1.165, 1.54) is 24.4 Å². The first-order valence-electron chi connectivity index (χ1n) is 9.21. The molecule has 1 saturated heterocycles. The second-order valence-corrected chi connectivity index (χ2v) is 6.76. The van der Waals surface area contributed by atoms with E-state index in [0.29, 0.717) is 23.3 Å². The van der Waals surface area contributed by atoms with Gasteiger partial charge in [-0.05, 0) is 43.5 Å². The first-order valence-corrected chi connectivity index (χ1v) is 9.21. The van der Waals surface area contributed by atoms with Crippen LogP contribution >= 0.6 is 0 Å². The van der Waals surface area contributed by atoms with Crippen LogP contribution in [-0.2, 0) is 0 Å². The highest BCUT2D eigenvalue weighted by atomic mass is 19.1. The number of benzene rings is 1. The van der Waals surface area contributed by atoms with E-state index in [0.717, 1.165) is 25.0 Å². The van der Waals surface area contributed by atoms with Gasteiger partial charge in [0.25, 0.3) is 11.8 Å². The summed E-state index contributed by atoms with van der Waals surface area (Å²) in [7, 11) is 1.55. The predicted molar refractivity (Wildman–Crippen MR) is 100 cm³/mol. The molecule has 28 heavy (non-hydrogen) atoms. The van der Waals surface area contributed by atoms with Gasteiger partial charge in [0, 0.05) is 25.4 Å². The Morgan fingerprint density at radius 2 is 2.11 bits per heavy atom. The summed E-state index contributed by atoms with van der Waals surface area (Å²) in [4.78, 5) is 31.2. The number of likely N-dealkylation sites (tertiary alicyclic amines) is 1. The standard InChI is InChI=1S/C20H20FN5O2/c1-22-19(27)15-12-24-26-17(8-9-23-18(15)26)16-7-2-3-10-25(16)20(28)13-5-4-6-14(21)11-13/h4-6,8-9,11-12,16H,2-3,7,10H2,1H3,(H,22,27)/t16-/m1/s1. The zero-order chi connectivity index (χ0) is 19.7. The van der Waals surface area contributed by atoms with Crippen molar-refractivity contribution in [1.82, 2.24) is 24.8 Å². The van der Waals surface area contributed by atoms with Gasteiger partial charge in [0.2, 0.25) is 0 Å². The van der Waals surface area contributed by atoms with Gasteiger partial charge in [-0.3, -0.25) is 9.59 Å². The highest BCUT2D eigenvalue weighted by Gasteiger charge is 2.31. The second-order valence-electron chi connectivity index (χ2n) is 6.76. The highest BCUT2D eigenvalue weighted by Crippen LogP contribution is 2.32. The van der Waals surface area contributed by atoms with Crippen LogP contribution in [0.2, 0.25) is 0 Å². The van der Waals surface area contributed by atoms with Gasteiger partial charge in [-0.25, -0.2) is 13.9 Å². The SMILES string of the molecule is CNC(=O)c1cnn2c([C@H]3CCCCN3C(=O)c3cccc(F)c3)ccnc12. The monoisotopic (exact) mass is 381 g/mol. The van der Waals surface area contributed by atoms with Gasteiger partial charge in [0.05, 0.1) is 17.9 Å². The van der Waals surface area contributed by atoms with Crippen molar-refractivity contribution in [2.24, 2.45) is 0 Å². The third kappa shape index (κ3) is 3.11. The molecule has 1 atom stereocenters. The number of piperidine rings is 1. The van der Waals surface area contributed by atoms with E-state index in [2.05, 4.69) is 15.4 Å². The molecule has 3 heterocycles. The summed E-state index contributed by atoms with van der Waals surface area (Å²) >= 11 is 0. The van der Waals surface area contributed by atoms with Crippen molar-refractivity contribution in [3.8, 4) is 0 Å². The lowest BCUT2D eigenvalue weighted by Crippen LogP contribution is -2.39. The van der Waals surface area contributed by atoms with Crippen molar-refractivity contribution in [2.45, 2.75) is 25.3 Å². The Morgan fingerprint density at radius 3 is 2.89 bits per heavy atom. The molecule has 2 amide bonds. The minimum Gasteiger partial charge on any atom is -0.355 e. The number of hydrogen-bond acceptors (Lipinski definition) is 4. The molecule has 0 saturated carbocycles. The van der Waals surface area contributed by atoms with Gasteiger partial charge in [-0.1, -0.05) is 6.07 Å². The lowest BCUT2D eigenvalue weighted by atomic mass is 9.97. The average molecular weight is 381 g/mol. The fourth-order valence-corrected chi connectivity index (χ4v) is 3.73. The Hall–Kier alpha value is -3.29. The van der Waals surface area contributed by atoms with E-state index in [-0.39, 0.29) is 17.9 Å². The number of rotatable bonds is 3. The normalized spacial score (nSPS) is 16.9. The second kappa shape index (κ2) is 7.38.